The van der Waals surface area contributed by atoms with Gasteiger partial charge < -0.3 is 20.2 Å². The van der Waals surface area contributed by atoms with Crippen molar-refractivity contribution in [3.8, 4) is 0 Å². The lowest BCUT2D eigenvalue weighted by molar-refractivity contribution is -0.163. The number of amides is 2. The van der Waals surface area contributed by atoms with Gasteiger partial charge in [0.05, 0.1) is 10.5 Å². The largest absolute Gasteiger partial charge is 0.390 e. The Bertz CT molecular complexity index is 1060. The molecule has 2 heterocycles. The summed E-state index contributed by atoms with van der Waals surface area (Å²) >= 11 is 0. The van der Waals surface area contributed by atoms with E-state index in [1.807, 2.05) is 4.90 Å². The number of hydrogen-bond acceptors (Lipinski definition) is 6. The number of piperazine rings is 1. The Morgan fingerprint density at radius 2 is 1.67 bits per heavy atom. The molecule has 2 aliphatic heterocycles. The van der Waals surface area contributed by atoms with Gasteiger partial charge in [0.1, 0.15) is 11.6 Å². The van der Waals surface area contributed by atoms with E-state index in [2.05, 4.69) is 21.9 Å². The minimum atomic E-state index is -3.52. The molecule has 2 amide bonds. The lowest BCUT2D eigenvalue weighted by Crippen LogP contribution is -2.73. The van der Waals surface area contributed by atoms with E-state index in [0.29, 0.717) is 71.2 Å². The zero-order valence-electron chi connectivity index (χ0n) is 23.1. The van der Waals surface area contributed by atoms with Crippen LogP contribution in [0.5, 0.6) is 0 Å². The van der Waals surface area contributed by atoms with Gasteiger partial charge in [0.25, 0.3) is 0 Å². The molecule has 9 nitrogen and oxygen atoms in total. The fraction of sp³-hybridized carbons (Fsp3) is 0.714. The van der Waals surface area contributed by atoms with Gasteiger partial charge in [0.15, 0.2) is 0 Å². The van der Waals surface area contributed by atoms with Crippen molar-refractivity contribution in [2.45, 2.75) is 99.6 Å². The second-order valence-corrected chi connectivity index (χ2v) is 13.1. The molecule has 0 unspecified atom stereocenters. The van der Waals surface area contributed by atoms with E-state index in [9.17, 15) is 23.1 Å². The third-order valence-corrected chi connectivity index (χ3v) is 10.1. The normalized spacial score (nSPS) is 23.3. The molecule has 1 aliphatic carbocycles. The number of halogens is 1. The number of benzene rings is 1. The van der Waals surface area contributed by atoms with E-state index in [-0.39, 0.29) is 29.1 Å². The van der Waals surface area contributed by atoms with Crippen LogP contribution in [0.4, 0.5) is 0 Å². The molecule has 1 aromatic rings. The van der Waals surface area contributed by atoms with Crippen LogP contribution in [0, 0.1) is 0 Å². The SMILES string of the molecule is CCCCN1C(=O)[C@@H](CC2(O)CCCCC2)NC(=O)C12CCN(CCCNS(=O)(=O)c1ccccc1)CC2.Cl. The molecule has 39 heavy (non-hydrogen) atoms. The predicted molar refractivity (Wildman–Crippen MR) is 153 cm³/mol. The number of likely N-dealkylation sites (tertiary alicyclic amines) is 1. The average Bonchev–Trinajstić information content (AvgIpc) is 2.91. The molecule has 1 aromatic carbocycles. The van der Waals surface area contributed by atoms with E-state index >= 15 is 0 Å². The van der Waals surface area contributed by atoms with Crippen molar-refractivity contribution in [1.29, 1.82) is 0 Å². The first-order valence-electron chi connectivity index (χ1n) is 14.3. The fourth-order valence-electron chi connectivity index (χ4n) is 6.28. The molecule has 0 aromatic heterocycles. The highest BCUT2D eigenvalue weighted by Crippen LogP contribution is 2.37. The van der Waals surface area contributed by atoms with Crippen LogP contribution in [0.25, 0.3) is 0 Å². The molecule has 220 valence electrons. The zero-order chi connectivity index (χ0) is 27.2. The van der Waals surface area contributed by atoms with Gasteiger partial charge in [-0.05, 0) is 57.2 Å². The first-order valence-corrected chi connectivity index (χ1v) is 15.8. The molecule has 1 atom stereocenters. The van der Waals surface area contributed by atoms with Crippen LogP contribution in [0.1, 0.15) is 77.6 Å². The standard InChI is InChI=1S/C28H44N4O5S.ClH/c1-2-3-19-32-25(33)24(22-27(35)13-8-5-9-14-27)30-26(34)28(32)15-20-31(21-16-28)18-10-17-29-38(36,37)23-11-6-4-7-12-23;/h4,6-7,11-12,24,29,35H,2-3,5,8-10,13-22H2,1H3,(H,30,34);1H/t24-;/m1./s1. The molecular formula is C28H45ClN4O5S. The molecule has 3 aliphatic rings. The Balaban J connectivity index is 0.00000420. The van der Waals surface area contributed by atoms with Crippen LogP contribution in [0.2, 0.25) is 0 Å². The van der Waals surface area contributed by atoms with Crippen LogP contribution in [-0.2, 0) is 19.6 Å². The number of nitrogens with zero attached hydrogens (tertiary/aromatic N) is 2. The number of sulfonamides is 1. The first kappa shape index (κ1) is 31.8. The number of carbonyl (C=O) groups is 2. The van der Waals surface area contributed by atoms with E-state index in [0.717, 1.165) is 32.1 Å². The predicted octanol–water partition coefficient (Wildman–Crippen LogP) is 2.82. The van der Waals surface area contributed by atoms with Gasteiger partial charge in [0.2, 0.25) is 21.8 Å². The van der Waals surface area contributed by atoms with Crippen LogP contribution in [0.3, 0.4) is 0 Å². The molecule has 1 spiro atoms. The number of hydrogen-bond donors (Lipinski definition) is 3. The molecule has 0 bridgehead atoms. The van der Waals surface area contributed by atoms with Crippen molar-refractivity contribution in [3.05, 3.63) is 30.3 Å². The minimum Gasteiger partial charge on any atom is -0.390 e. The van der Waals surface area contributed by atoms with Crippen molar-refractivity contribution in [1.82, 2.24) is 19.8 Å². The summed E-state index contributed by atoms with van der Waals surface area (Å²) in [5.74, 6) is -0.145. The van der Waals surface area contributed by atoms with Gasteiger partial charge in [-0.1, -0.05) is 50.8 Å². The van der Waals surface area contributed by atoms with Crippen molar-refractivity contribution in [2.24, 2.45) is 0 Å². The summed E-state index contributed by atoms with van der Waals surface area (Å²) in [4.78, 5) is 31.6. The molecule has 3 fully saturated rings. The van der Waals surface area contributed by atoms with Crippen molar-refractivity contribution in [3.63, 3.8) is 0 Å². The second-order valence-electron chi connectivity index (χ2n) is 11.3. The average molecular weight is 585 g/mol. The molecule has 4 rings (SSSR count). The highest BCUT2D eigenvalue weighted by atomic mass is 35.5. The summed E-state index contributed by atoms with van der Waals surface area (Å²) in [7, 11) is -3.52. The molecule has 0 radical (unpaired) electrons. The smallest absolute Gasteiger partial charge is 0.246 e. The maximum absolute atomic E-state index is 13.7. The minimum absolute atomic E-state index is 0. The van der Waals surface area contributed by atoms with Crippen molar-refractivity contribution in [2.75, 3.05) is 32.7 Å². The number of unbranched alkanes of at least 4 members (excludes halogenated alkanes) is 1. The van der Waals surface area contributed by atoms with E-state index in [1.165, 1.54) is 0 Å². The van der Waals surface area contributed by atoms with Gasteiger partial charge in [-0.2, -0.15) is 0 Å². The van der Waals surface area contributed by atoms with Crippen LogP contribution in [0.15, 0.2) is 35.2 Å². The summed E-state index contributed by atoms with van der Waals surface area (Å²) in [6.45, 7) is 5.03. The Kier molecular flexibility index (Phi) is 11.2. The summed E-state index contributed by atoms with van der Waals surface area (Å²) in [5.41, 5.74) is -1.72. The van der Waals surface area contributed by atoms with Crippen molar-refractivity contribution >= 4 is 34.2 Å². The van der Waals surface area contributed by atoms with Gasteiger partial charge >= 0.3 is 0 Å². The van der Waals surface area contributed by atoms with Gasteiger partial charge in [-0.3, -0.25) is 9.59 Å². The van der Waals surface area contributed by atoms with E-state index in [1.54, 1.807) is 30.3 Å². The van der Waals surface area contributed by atoms with Crippen molar-refractivity contribution < 1.29 is 23.1 Å². The topological polar surface area (TPSA) is 119 Å². The maximum atomic E-state index is 13.7. The van der Waals surface area contributed by atoms with E-state index < -0.39 is 27.2 Å². The summed E-state index contributed by atoms with van der Waals surface area (Å²) in [6.07, 6.45) is 8.22. The van der Waals surface area contributed by atoms with Crippen LogP contribution in [-0.4, -0.2) is 85.0 Å². The van der Waals surface area contributed by atoms with Gasteiger partial charge in [0, 0.05) is 32.6 Å². The number of nitrogens with one attached hydrogen (secondary N) is 2. The second kappa shape index (κ2) is 13.8. The maximum Gasteiger partial charge on any atom is 0.246 e. The van der Waals surface area contributed by atoms with Crippen LogP contribution < -0.4 is 10.0 Å². The third kappa shape index (κ3) is 7.52. The summed E-state index contributed by atoms with van der Waals surface area (Å²) < 4.78 is 27.5. The van der Waals surface area contributed by atoms with Crippen LogP contribution >= 0.6 is 12.4 Å². The molecule has 1 saturated carbocycles. The highest BCUT2D eigenvalue weighted by molar-refractivity contribution is 7.89. The summed E-state index contributed by atoms with van der Waals surface area (Å²) in [6, 6.07) is 7.68. The quantitative estimate of drug-likeness (QED) is 0.344. The molecule has 2 saturated heterocycles. The first-order chi connectivity index (χ1) is 18.2. The third-order valence-electron chi connectivity index (χ3n) is 8.59. The number of piperidine rings is 1. The Morgan fingerprint density at radius 1 is 1.00 bits per heavy atom. The Labute approximate surface area is 239 Å². The summed E-state index contributed by atoms with van der Waals surface area (Å²) in [5, 5.41) is 14.1. The lowest BCUT2D eigenvalue weighted by Gasteiger charge is -2.52. The van der Waals surface area contributed by atoms with Gasteiger partial charge in [-0.25, -0.2) is 13.1 Å². The van der Waals surface area contributed by atoms with Gasteiger partial charge in [-0.15, -0.1) is 12.4 Å². The number of rotatable bonds is 11. The number of carbonyl (C=O) groups excluding carboxylic acids is 2. The number of aliphatic hydroxyl groups is 1. The lowest BCUT2D eigenvalue weighted by atomic mass is 9.77. The Hall–Kier alpha value is -1.72. The fourth-order valence-corrected chi connectivity index (χ4v) is 7.38. The molecular weight excluding hydrogens is 540 g/mol. The zero-order valence-corrected chi connectivity index (χ0v) is 24.7. The highest BCUT2D eigenvalue weighted by Gasteiger charge is 2.54. The van der Waals surface area contributed by atoms with E-state index in [4.69, 9.17) is 0 Å². The molecule has 3 N–H and O–H groups in total. The molecule has 11 heteroatoms. The Morgan fingerprint density at radius 3 is 2.31 bits per heavy atom. The monoisotopic (exact) mass is 584 g/mol.